The first-order chi connectivity index (χ1) is 48.5. The number of carbonyl (C=O) groups is 4. The number of aliphatic hydroxyl groups excluding tert-OH is 1. The van der Waals surface area contributed by atoms with E-state index >= 15 is 0 Å². The highest BCUT2D eigenvalue weighted by molar-refractivity contribution is 7.47. The Hall–Kier alpha value is -1.94. The molecule has 3 N–H and O–H groups in total. The van der Waals surface area contributed by atoms with Crippen molar-refractivity contribution in [2.45, 2.75) is 451 Å². The molecule has 0 saturated heterocycles. The summed E-state index contributed by atoms with van der Waals surface area (Å²) in [5, 5.41) is 10.6. The third-order valence-corrected chi connectivity index (χ3v) is 20.9. The molecule has 0 bridgehead atoms. The zero-order valence-corrected chi connectivity index (χ0v) is 67.1. The first-order valence-corrected chi connectivity index (χ1v) is 45.1. The van der Waals surface area contributed by atoms with Crippen LogP contribution >= 0.6 is 15.6 Å². The van der Waals surface area contributed by atoms with E-state index in [1.165, 1.54) is 257 Å². The van der Waals surface area contributed by atoms with Gasteiger partial charge < -0.3 is 33.8 Å². The van der Waals surface area contributed by atoms with Crippen molar-refractivity contribution in [1.29, 1.82) is 0 Å². The number of phosphoric acid groups is 2. The SMILES string of the molecule is CCCCCCCCCCCCCCCCCCCCC(=O)O[C@H](COC(=O)CCCCCCCCCCCCCCCC(C)C)COP(=O)(O)OC[C@@H](O)COP(=O)(O)OC[C@@H](COC(=O)CCCCCCCCCCCCCC)OC(=O)CCCCCCCCCCCCCCCC. The Balaban J connectivity index is 5.26. The molecule has 594 valence electrons. The minimum atomic E-state index is -4.96. The van der Waals surface area contributed by atoms with E-state index in [1.54, 1.807) is 0 Å². The molecule has 0 heterocycles. The highest BCUT2D eigenvalue weighted by atomic mass is 31.2. The Morgan fingerprint density at radius 2 is 0.460 bits per heavy atom. The van der Waals surface area contributed by atoms with Crippen molar-refractivity contribution < 1.29 is 80.2 Å². The normalized spacial score (nSPS) is 13.8. The molecule has 2 unspecified atom stereocenters. The Morgan fingerprint density at radius 1 is 0.270 bits per heavy atom. The highest BCUT2D eigenvalue weighted by Crippen LogP contribution is 2.45. The van der Waals surface area contributed by atoms with Crippen LogP contribution in [0.2, 0.25) is 0 Å². The standard InChI is InChI=1S/C81H158O17P2/c1-6-9-12-15-18-21-24-27-29-30-31-32-36-42-47-52-57-62-67-81(86)98-77(71-92-79(84)65-60-55-50-45-40-37-33-34-38-43-48-53-58-63-74(4)5)73-96-100(89,90)94-69-75(82)68-93-99(87,88)95-72-76(70-91-78(83)64-59-54-49-44-39-26-23-20-17-14-11-8-3)97-80(85)66-61-56-51-46-41-35-28-25-22-19-16-13-10-7-2/h74-77,82H,6-73H2,1-5H3,(H,87,88)(H,89,90)/t75-,76+,77+/m0/s1. The van der Waals surface area contributed by atoms with E-state index < -0.39 is 97.5 Å². The van der Waals surface area contributed by atoms with Crippen LogP contribution in [0.3, 0.4) is 0 Å². The lowest BCUT2D eigenvalue weighted by molar-refractivity contribution is -0.161. The molecule has 0 radical (unpaired) electrons. The monoisotopic (exact) mass is 1470 g/mol. The summed E-state index contributed by atoms with van der Waals surface area (Å²) in [6, 6.07) is 0. The first-order valence-electron chi connectivity index (χ1n) is 42.1. The maximum absolute atomic E-state index is 13.1. The summed E-state index contributed by atoms with van der Waals surface area (Å²) in [7, 11) is -9.92. The van der Waals surface area contributed by atoms with Gasteiger partial charge >= 0.3 is 39.5 Å². The smallest absolute Gasteiger partial charge is 0.462 e. The molecule has 0 amide bonds. The Kier molecular flexibility index (Phi) is 72.5. The third-order valence-electron chi connectivity index (χ3n) is 19.0. The van der Waals surface area contributed by atoms with Crippen molar-refractivity contribution in [3.8, 4) is 0 Å². The highest BCUT2D eigenvalue weighted by Gasteiger charge is 2.30. The molecule has 0 aromatic carbocycles. The van der Waals surface area contributed by atoms with E-state index in [2.05, 4.69) is 34.6 Å². The molecular formula is C81H158O17P2. The molecule has 0 aromatic rings. The van der Waals surface area contributed by atoms with Gasteiger partial charge in [-0.3, -0.25) is 37.3 Å². The first kappa shape index (κ1) is 98.1. The molecule has 0 spiro atoms. The molecular weight excluding hydrogens is 1310 g/mol. The van der Waals surface area contributed by atoms with Gasteiger partial charge in [0.25, 0.3) is 0 Å². The minimum absolute atomic E-state index is 0.109. The summed E-state index contributed by atoms with van der Waals surface area (Å²) >= 11 is 0. The molecule has 0 rings (SSSR count). The Bertz CT molecular complexity index is 1910. The average Bonchev–Trinajstić information content (AvgIpc) is 0.988. The van der Waals surface area contributed by atoms with Crippen LogP contribution < -0.4 is 0 Å². The second-order valence-electron chi connectivity index (χ2n) is 29.6. The van der Waals surface area contributed by atoms with Crippen molar-refractivity contribution in [2.75, 3.05) is 39.6 Å². The average molecular weight is 1470 g/mol. The molecule has 100 heavy (non-hydrogen) atoms. The molecule has 0 saturated carbocycles. The predicted molar refractivity (Wildman–Crippen MR) is 409 cm³/mol. The summed E-state index contributed by atoms with van der Waals surface area (Å²) in [4.78, 5) is 73.1. The molecule has 0 fully saturated rings. The number of esters is 4. The molecule has 0 aromatic heterocycles. The van der Waals surface area contributed by atoms with E-state index in [-0.39, 0.29) is 25.7 Å². The summed E-state index contributed by atoms with van der Waals surface area (Å²) in [6.45, 7) is 7.36. The fourth-order valence-electron chi connectivity index (χ4n) is 12.6. The van der Waals surface area contributed by atoms with Gasteiger partial charge in [0.05, 0.1) is 26.4 Å². The molecule has 5 atom stereocenters. The van der Waals surface area contributed by atoms with Crippen LogP contribution in [-0.2, 0) is 65.4 Å². The van der Waals surface area contributed by atoms with Gasteiger partial charge in [0, 0.05) is 25.7 Å². The topological polar surface area (TPSA) is 237 Å². The van der Waals surface area contributed by atoms with Gasteiger partial charge in [-0.2, -0.15) is 0 Å². The van der Waals surface area contributed by atoms with Crippen LogP contribution in [0.25, 0.3) is 0 Å². The number of carbonyl (C=O) groups excluding carboxylic acids is 4. The van der Waals surface area contributed by atoms with Gasteiger partial charge in [-0.25, -0.2) is 9.13 Å². The van der Waals surface area contributed by atoms with Crippen molar-refractivity contribution in [1.82, 2.24) is 0 Å². The van der Waals surface area contributed by atoms with Gasteiger partial charge in [-0.15, -0.1) is 0 Å². The van der Waals surface area contributed by atoms with E-state index in [4.69, 9.17) is 37.0 Å². The predicted octanol–water partition coefficient (Wildman–Crippen LogP) is 24.4. The van der Waals surface area contributed by atoms with Gasteiger partial charge in [0.1, 0.15) is 19.3 Å². The summed E-state index contributed by atoms with van der Waals surface area (Å²) < 4.78 is 68.8. The Morgan fingerprint density at radius 3 is 0.680 bits per heavy atom. The van der Waals surface area contributed by atoms with Crippen molar-refractivity contribution in [2.24, 2.45) is 5.92 Å². The largest absolute Gasteiger partial charge is 0.472 e. The van der Waals surface area contributed by atoms with Crippen LogP contribution in [0.1, 0.15) is 433 Å². The van der Waals surface area contributed by atoms with Crippen LogP contribution in [0, 0.1) is 5.92 Å². The number of phosphoric ester groups is 2. The van der Waals surface area contributed by atoms with Gasteiger partial charge in [0.2, 0.25) is 0 Å². The number of rotatable bonds is 81. The number of unbranched alkanes of at least 4 members (excludes halogenated alkanes) is 53. The van der Waals surface area contributed by atoms with Crippen molar-refractivity contribution >= 4 is 39.5 Å². The second-order valence-corrected chi connectivity index (χ2v) is 32.5. The Labute approximate surface area is 613 Å². The van der Waals surface area contributed by atoms with Crippen molar-refractivity contribution in [3.63, 3.8) is 0 Å². The second kappa shape index (κ2) is 73.9. The molecule has 0 aliphatic heterocycles. The number of hydrogen-bond acceptors (Lipinski definition) is 15. The number of aliphatic hydroxyl groups is 1. The maximum Gasteiger partial charge on any atom is 0.472 e. The van der Waals surface area contributed by atoms with Crippen molar-refractivity contribution in [3.05, 3.63) is 0 Å². The summed E-state index contributed by atoms with van der Waals surface area (Å²) in [5.41, 5.74) is 0. The van der Waals surface area contributed by atoms with E-state index in [0.717, 1.165) is 95.8 Å². The number of ether oxygens (including phenoxy) is 4. The number of hydrogen-bond donors (Lipinski definition) is 3. The third kappa shape index (κ3) is 74.3. The molecule has 0 aliphatic carbocycles. The lowest BCUT2D eigenvalue weighted by atomic mass is 10.0. The quantitative estimate of drug-likeness (QED) is 0.0222. The molecule has 0 aliphatic rings. The van der Waals surface area contributed by atoms with Crippen LogP contribution in [0.4, 0.5) is 0 Å². The molecule has 17 nitrogen and oxygen atoms in total. The fraction of sp³-hybridized carbons (Fsp3) is 0.951. The van der Waals surface area contributed by atoms with E-state index in [1.807, 2.05) is 0 Å². The van der Waals surface area contributed by atoms with Crippen LogP contribution in [-0.4, -0.2) is 96.7 Å². The van der Waals surface area contributed by atoms with Crippen LogP contribution in [0.15, 0.2) is 0 Å². The van der Waals surface area contributed by atoms with E-state index in [9.17, 15) is 43.2 Å². The van der Waals surface area contributed by atoms with Crippen LogP contribution in [0.5, 0.6) is 0 Å². The maximum atomic E-state index is 13.1. The van der Waals surface area contributed by atoms with E-state index in [0.29, 0.717) is 25.7 Å². The zero-order valence-electron chi connectivity index (χ0n) is 65.3. The van der Waals surface area contributed by atoms with Gasteiger partial charge in [-0.1, -0.05) is 381 Å². The lowest BCUT2D eigenvalue weighted by Crippen LogP contribution is -2.30. The summed E-state index contributed by atoms with van der Waals surface area (Å²) in [6.07, 6.45) is 65.0. The molecule has 19 heteroatoms. The fourth-order valence-corrected chi connectivity index (χ4v) is 14.2. The summed E-state index contributed by atoms with van der Waals surface area (Å²) in [5.74, 6) is -1.31. The zero-order chi connectivity index (χ0) is 73.4. The minimum Gasteiger partial charge on any atom is -0.462 e. The van der Waals surface area contributed by atoms with Gasteiger partial charge in [0.15, 0.2) is 12.2 Å². The van der Waals surface area contributed by atoms with Gasteiger partial charge in [-0.05, 0) is 31.6 Å². The lowest BCUT2D eigenvalue weighted by Gasteiger charge is -2.21.